The molecule has 0 bridgehead atoms. The number of hydrogen-bond donors (Lipinski definition) is 5. The number of halogens is 1. The molecule has 6 N–H and O–H groups in total. The average molecular weight is 459 g/mol. The van der Waals surface area contributed by atoms with Crippen molar-refractivity contribution in [3.63, 3.8) is 0 Å². The van der Waals surface area contributed by atoms with Crippen LogP contribution in [0.3, 0.4) is 0 Å². The van der Waals surface area contributed by atoms with Gasteiger partial charge in [0.15, 0.2) is 0 Å². The van der Waals surface area contributed by atoms with E-state index < -0.39 is 23.4 Å². The molecule has 0 saturated heterocycles. The Balaban J connectivity index is 2.01. The molecule has 33 heavy (non-hydrogen) atoms. The summed E-state index contributed by atoms with van der Waals surface area (Å²) in [7, 11) is 0. The standard InChI is InChI=1S/C23H31FN6O3/c1-23(2,3)33-22(32)29-12-14-4-5-15(11-25)19(10-14)28-13-18(21(27)31)20(26)30-17-8-6-16(24)7-9-17/h6-9,13-15,19,28H,4-5,10,12H2,1-3H3,(H2,26,30)(H2,27,31)(H,29,32)/b18-13+. The lowest BCUT2D eigenvalue weighted by atomic mass is 9.79. The highest BCUT2D eigenvalue weighted by Crippen LogP contribution is 2.29. The maximum atomic E-state index is 13.1. The number of hydrogen-bond acceptors (Lipinski definition) is 6. The van der Waals surface area contributed by atoms with Crippen molar-refractivity contribution in [1.29, 1.82) is 10.7 Å². The van der Waals surface area contributed by atoms with Gasteiger partial charge in [0.05, 0.1) is 17.6 Å². The molecule has 178 valence electrons. The fourth-order valence-electron chi connectivity index (χ4n) is 3.53. The molecule has 3 atom stereocenters. The van der Waals surface area contributed by atoms with Crippen LogP contribution in [0.25, 0.3) is 0 Å². The van der Waals surface area contributed by atoms with E-state index >= 15 is 0 Å². The number of nitrogens with one attached hydrogen (secondary N) is 4. The van der Waals surface area contributed by atoms with Crippen molar-refractivity contribution in [2.75, 3.05) is 11.9 Å². The molecule has 1 aliphatic carbocycles. The second-order valence-corrected chi connectivity index (χ2v) is 9.00. The van der Waals surface area contributed by atoms with Crippen LogP contribution in [-0.2, 0) is 9.53 Å². The predicted molar refractivity (Wildman–Crippen MR) is 123 cm³/mol. The number of benzene rings is 1. The molecule has 3 unspecified atom stereocenters. The number of amidine groups is 1. The molecule has 10 heteroatoms. The van der Waals surface area contributed by atoms with Crippen LogP contribution >= 0.6 is 0 Å². The van der Waals surface area contributed by atoms with E-state index in [-0.39, 0.29) is 29.3 Å². The second kappa shape index (κ2) is 11.3. The zero-order valence-electron chi connectivity index (χ0n) is 19.1. The predicted octanol–water partition coefficient (Wildman–Crippen LogP) is 3.01. The molecule has 1 aromatic rings. The van der Waals surface area contributed by atoms with Crippen molar-refractivity contribution in [2.45, 2.75) is 51.7 Å². The Kier molecular flexibility index (Phi) is 8.79. The lowest BCUT2D eigenvalue weighted by Gasteiger charge is -2.33. The van der Waals surface area contributed by atoms with Crippen LogP contribution in [0.2, 0.25) is 0 Å². The molecule has 1 aliphatic rings. The monoisotopic (exact) mass is 458 g/mol. The van der Waals surface area contributed by atoms with Gasteiger partial charge in [-0.3, -0.25) is 10.2 Å². The van der Waals surface area contributed by atoms with Crippen LogP contribution in [0.15, 0.2) is 36.0 Å². The molecular formula is C23H31FN6O3. The summed E-state index contributed by atoms with van der Waals surface area (Å²) in [5.74, 6) is -1.69. The van der Waals surface area contributed by atoms with E-state index in [9.17, 15) is 19.2 Å². The highest BCUT2D eigenvalue weighted by atomic mass is 19.1. The summed E-state index contributed by atoms with van der Waals surface area (Å²) in [5.41, 5.74) is 5.17. The Labute approximate surface area is 193 Å². The third-order valence-corrected chi connectivity index (χ3v) is 5.15. The number of amides is 2. The smallest absolute Gasteiger partial charge is 0.407 e. The minimum absolute atomic E-state index is 0.106. The summed E-state index contributed by atoms with van der Waals surface area (Å²) in [6, 6.07) is 7.31. The number of ether oxygens (including phenoxy) is 1. The Morgan fingerprint density at radius 1 is 1.30 bits per heavy atom. The van der Waals surface area contributed by atoms with E-state index in [4.69, 9.17) is 15.9 Å². The Morgan fingerprint density at radius 3 is 2.55 bits per heavy atom. The van der Waals surface area contributed by atoms with Crippen molar-refractivity contribution in [3.8, 4) is 6.07 Å². The Hall–Kier alpha value is -3.61. The molecule has 1 fully saturated rings. The molecule has 0 aliphatic heterocycles. The molecular weight excluding hydrogens is 427 g/mol. The number of nitriles is 1. The van der Waals surface area contributed by atoms with Crippen LogP contribution in [-0.4, -0.2) is 36.0 Å². The Bertz CT molecular complexity index is 933. The van der Waals surface area contributed by atoms with Crippen molar-refractivity contribution in [3.05, 3.63) is 41.9 Å². The minimum atomic E-state index is -0.824. The number of carbonyl (C=O) groups excluding carboxylic acids is 2. The number of rotatable bonds is 7. The molecule has 0 aromatic heterocycles. The minimum Gasteiger partial charge on any atom is -0.444 e. The van der Waals surface area contributed by atoms with Gasteiger partial charge in [0.2, 0.25) is 0 Å². The van der Waals surface area contributed by atoms with Gasteiger partial charge in [0, 0.05) is 24.5 Å². The normalized spacial score (nSPS) is 20.8. The van der Waals surface area contributed by atoms with Gasteiger partial charge in [0.1, 0.15) is 17.3 Å². The van der Waals surface area contributed by atoms with Crippen molar-refractivity contribution >= 4 is 23.5 Å². The number of nitrogens with two attached hydrogens (primary N) is 1. The first-order valence-corrected chi connectivity index (χ1v) is 10.7. The number of primary amides is 1. The summed E-state index contributed by atoms with van der Waals surface area (Å²) < 4.78 is 18.3. The van der Waals surface area contributed by atoms with E-state index in [1.165, 1.54) is 30.5 Å². The Morgan fingerprint density at radius 2 is 1.97 bits per heavy atom. The summed E-state index contributed by atoms with van der Waals surface area (Å²) in [5, 5.41) is 26.2. The first-order valence-electron chi connectivity index (χ1n) is 10.7. The first kappa shape index (κ1) is 25.6. The maximum absolute atomic E-state index is 13.1. The van der Waals surface area contributed by atoms with Crippen LogP contribution in [0, 0.1) is 34.4 Å². The number of carbonyl (C=O) groups is 2. The van der Waals surface area contributed by atoms with Crippen molar-refractivity contribution in [2.24, 2.45) is 17.6 Å². The van der Waals surface area contributed by atoms with E-state index in [1.54, 1.807) is 20.8 Å². The van der Waals surface area contributed by atoms with Gasteiger partial charge in [-0.15, -0.1) is 0 Å². The lowest BCUT2D eigenvalue weighted by molar-refractivity contribution is -0.114. The SMILES string of the molecule is CC(C)(C)OC(=O)NCC1CCC(C#N)C(N/C=C(\C(=N)Nc2ccc(F)cc2)C(N)=O)C1. The highest BCUT2D eigenvalue weighted by Gasteiger charge is 2.31. The molecule has 1 saturated carbocycles. The summed E-state index contributed by atoms with van der Waals surface area (Å²) >= 11 is 0. The van der Waals surface area contributed by atoms with E-state index in [0.29, 0.717) is 25.1 Å². The molecule has 1 aromatic carbocycles. The van der Waals surface area contributed by atoms with Gasteiger partial charge >= 0.3 is 6.09 Å². The van der Waals surface area contributed by atoms with Gasteiger partial charge < -0.3 is 26.4 Å². The maximum Gasteiger partial charge on any atom is 0.407 e. The number of nitrogens with zero attached hydrogens (tertiary/aromatic N) is 1. The molecule has 2 amide bonds. The molecule has 0 spiro atoms. The first-order chi connectivity index (χ1) is 15.5. The zero-order chi connectivity index (χ0) is 24.6. The van der Waals surface area contributed by atoms with Crippen LogP contribution < -0.4 is 21.7 Å². The van der Waals surface area contributed by atoms with Gasteiger partial charge in [0.25, 0.3) is 5.91 Å². The van der Waals surface area contributed by atoms with Crippen LogP contribution in [0.1, 0.15) is 40.0 Å². The number of anilines is 1. The van der Waals surface area contributed by atoms with Crippen molar-refractivity contribution < 1.29 is 18.7 Å². The molecule has 0 heterocycles. The van der Waals surface area contributed by atoms with Gasteiger partial charge in [-0.1, -0.05) is 0 Å². The molecule has 9 nitrogen and oxygen atoms in total. The van der Waals surface area contributed by atoms with Crippen LogP contribution in [0.5, 0.6) is 0 Å². The second-order valence-electron chi connectivity index (χ2n) is 9.00. The summed E-state index contributed by atoms with van der Waals surface area (Å²) in [6.07, 6.45) is 2.81. The highest BCUT2D eigenvalue weighted by molar-refractivity contribution is 6.23. The quantitative estimate of drug-likeness (QED) is 0.240. The fraction of sp³-hybridized carbons (Fsp3) is 0.478. The average Bonchev–Trinajstić information content (AvgIpc) is 2.72. The summed E-state index contributed by atoms with van der Waals surface area (Å²) in [6.45, 7) is 5.76. The van der Waals surface area contributed by atoms with Crippen LogP contribution in [0.4, 0.5) is 14.9 Å². The third kappa shape index (κ3) is 8.44. The molecule has 2 rings (SSSR count). The fourth-order valence-corrected chi connectivity index (χ4v) is 3.53. The van der Waals surface area contributed by atoms with E-state index in [0.717, 1.165) is 6.42 Å². The zero-order valence-corrected chi connectivity index (χ0v) is 19.1. The molecule has 0 radical (unpaired) electrons. The van der Waals surface area contributed by atoms with E-state index in [2.05, 4.69) is 22.0 Å². The van der Waals surface area contributed by atoms with E-state index in [1.807, 2.05) is 0 Å². The summed E-state index contributed by atoms with van der Waals surface area (Å²) in [4.78, 5) is 23.8. The number of alkyl carbamates (subject to hydrolysis) is 1. The topological polar surface area (TPSA) is 153 Å². The van der Waals surface area contributed by atoms with Crippen molar-refractivity contribution in [1.82, 2.24) is 10.6 Å². The largest absolute Gasteiger partial charge is 0.444 e. The third-order valence-electron chi connectivity index (χ3n) is 5.15. The van der Waals surface area contributed by atoms with Gasteiger partial charge in [-0.25, -0.2) is 9.18 Å². The van der Waals surface area contributed by atoms with Gasteiger partial charge in [-0.05, 0) is 70.2 Å². The lowest BCUT2D eigenvalue weighted by Crippen LogP contribution is -2.43. The van der Waals surface area contributed by atoms with Gasteiger partial charge in [-0.2, -0.15) is 5.26 Å².